The zero-order chi connectivity index (χ0) is 16.4. The van der Waals surface area contributed by atoms with Crippen LogP contribution in [-0.4, -0.2) is 10.8 Å². The van der Waals surface area contributed by atoms with Crippen molar-refractivity contribution in [3.05, 3.63) is 69.8 Å². The molecule has 3 N–H and O–H groups in total. The first kappa shape index (κ1) is 15.5. The van der Waals surface area contributed by atoms with E-state index in [1.165, 1.54) is 12.1 Å². The van der Waals surface area contributed by atoms with Crippen LogP contribution in [0.25, 0.3) is 0 Å². The van der Waals surface area contributed by atoms with Gasteiger partial charge in [0.25, 0.3) is 0 Å². The van der Waals surface area contributed by atoms with E-state index >= 15 is 0 Å². The van der Waals surface area contributed by atoms with Crippen LogP contribution in [-0.2, 0) is 0 Å². The second-order valence-electron chi connectivity index (χ2n) is 4.68. The van der Waals surface area contributed by atoms with Gasteiger partial charge >= 0.3 is 0 Å². The molecule has 3 rings (SSSR count). The number of nitrogen functional groups attached to an aromatic ring is 1. The number of halogens is 2. The topological polar surface area (TPSA) is 68.0 Å². The summed E-state index contributed by atoms with van der Waals surface area (Å²) >= 11 is 6.79. The van der Waals surface area contributed by atoms with Gasteiger partial charge in [-0.05, 0) is 18.2 Å². The fraction of sp³-hybridized carbons (Fsp3) is 0. The number of benzene rings is 2. The summed E-state index contributed by atoms with van der Waals surface area (Å²) in [5.74, 6) is -0.617. The zero-order valence-corrected chi connectivity index (χ0v) is 13.3. The Morgan fingerprint density at radius 3 is 2.65 bits per heavy atom. The first-order valence-electron chi connectivity index (χ1n) is 6.62. The molecule has 0 fully saturated rings. The molecular weight excluding hydrogens is 337 g/mol. The molecule has 0 aliphatic carbocycles. The van der Waals surface area contributed by atoms with Crippen molar-refractivity contribution in [3.63, 3.8) is 0 Å². The maximum atomic E-state index is 13.8. The number of ketones is 1. The Hall–Kier alpha value is -2.44. The van der Waals surface area contributed by atoms with Crippen molar-refractivity contribution in [2.75, 3.05) is 11.1 Å². The minimum Gasteiger partial charge on any atom is -0.382 e. The van der Waals surface area contributed by atoms with Gasteiger partial charge in [-0.3, -0.25) is 4.79 Å². The van der Waals surface area contributed by atoms with E-state index in [0.29, 0.717) is 20.6 Å². The van der Waals surface area contributed by atoms with Crippen LogP contribution in [0, 0.1) is 5.82 Å². The largest absolute Gasteiger partial charge is 0.382 e. The van der Waals surface area contributed by atoms with Gasteiger partial charge in [-0.1, -0.05) is 53.3 Å². The Morgan fingerprint density at radius 1 is 1.22 bits per heavy atom. The van der Waals surface area contributed by atoms with Gasteiger partial charge in [0.05, 0.1) is 5.69 Å². The van der Waals surface area contributed by atoms with Crippen molar-refractivity contribution in [2.24, 2.45) is 0 Å². The molecular formula is C16H11ClFN3OS. The molecule has 116 valence electrons. The lowest BCUT2D eigenvalue weighted by Crippen LogP contribution is -2.02. The fourth-order valence-electron chi connectivity index (χ4n) is 1.97. The number of hydrogen-bond donors (Lipinski definition) is 2. The number of nitrogens with two attached hydrogens (primary N) is 1. The van der Waals surface area contributed by atoms with Crippen LogP contribution in [0.15, 0.2) is 48.5 Å². The van der Waals surface area contributed by atoms with Crippen LogP contribution in [0.1, 0.15) is 15.2 Å². The van der Waals surface area contributed by atoms with Crippen molar-refractivity contribution in [1.82, 2.24) is 4.98 Å². The Labute approximate surface area is 140 Å². The summed E-state index contributed by atoms with van der Waals surface area (Å²) in [6, 6.07) is 13.0. The quantitative estimate of drug-likeness (QED) is 0.682. The summed E-state index contributed by atoms with van der Waals surface area (Å²) < 4.78 is 13.8. The van der Waals surface area contributed by atoms with Crippen molar-refractivity contribution in [1.29, 1.82) is 0 Å². The molecule has 23 heavy (non-hydrogen) atoms. The highest BCUT2D eigenvalue weighted by atomic mass is 35.5. The minimum absolute atomic E-state index is 0.112. The van der Waals surface area contributed by atoms with Gasteiger partial charge < -0.3 is 11.1 Å². The monoisotopic (exact) mass is 347 g/mol. The number of nitrogens with one attached hydrogen (secondary N) is 1. The molecule has 1 heterocycles. The molecule has 0 radical (unpaired) electrons. The first-order chi connectivity index (χ1) is 11.0. The standard InChI is InChI=1S/C16H11ClFN3OS/c17-10-6-7-12(11(18)8-10)20-16-21-15(19)14(23-16)13(22)9-4-2-1-3-5-9/h1-8H,19H2,(H,20,21). The molecule has 2 aromatic carbocycles. The van der Waals surface area contributed by atoms with Crippen LogP contribution in [0.4, 0.5) is 21.0 Å². The smallest absolute Gasteiger partial charge is 0.206 e. The number of hydrogen-bond acceptors (Lipinski definition) is 5. The molecule has 1 aromatic heterocycles. The molecule has 7 heteroatoms. The van der Waals surface area contributed by atoms with E-state index in [0.717, 1.165) is 11.3 Å². The predicted octanol–water partition coefficient (Wildman–Crippen LogP) is 4.49. The Morgan fingerprint density at radius 2 is 1.96 bits per heavy atom. The average molecular weight is 348 g/mol. The first-order valence-corrected chi connectivity index (χ1v) is 7.82. The number of aromatic nitrogens is 1. The fourth-order valence-corrected chi connectivity index (χ4v) is 2.99. The maximum Gasteiger partial charge on any atom is 0.206 e. The third-order valence-electron chi connectivity index (χ3n) is 3.07. The highest BCUT2D eigenvalue weighted by Gasteiger charge is 2.18. The van der Waals surface area contributed by atoms with Crippen LogP contribution in [0.5, 0.6) is 0 Å². The highest BCUT2D eigenvalue weighted by molar-refractivity contribution is 7.18. The SMILES string of the molecule is Nc1nc(Nc2ccc(Cl)cc2F)sc1C(=O)c1ccccc1. The van der Waals surface area contributed by atoms with Gasteiger partial charge in [0.2, 0.25) is 5.78 Å². The molecule has 0 amide bonds. The Balaban J connectivity index is 1.88. The van der Waals surface area contributed by atoms with Gasteiger partial charge in [-0.15, -0.1) is 0 Å². The molecule has 0 saturated heterocycles. The van der Waals surface area contributed by atoms with Crippen LogP contribution >= 0.6 is 22.9 Å². The van der Waals surface area contributed by atoms with E-state index in [2.05, 4.69) is 10.3 Å². The van der Waals surface area contributed by atoms with E-state index in [4.69, 9.17) is 17.3 Å². The third-order valence-corrected chi connectivity index (χ3v) is 4.29. The maximum absolute atomic E-state index is 13.8. The number of rotatable bonds is 4. The Bertz CT molecular complexity index is 867. The van der Waals surface area contributed by atoms with E-state index < -0.39 is 5.82 Å². The summed E-state index contributed by atoms with van der Waals surface area (Å²) in [4.78, 5) is 16.8. The second kappa shape index (κ2) is 6.36. The van der Waals surface area contributed by atoms with Crippen molar-refractivity contribution in [3.8, 4) is 0 Å². The number of carbonyl (C=O) groups is 1. The zero-order valence-electron chi connectivity index (χ0n) is 11.7. The molecule has 0 aliphatic heterocycles. The van der Waals surface area contributed by atoms with Crippen LogP contribution in [0.3, 0.4) is 0 Å². The second-order valence-corrected chi connectivity index (χ2v) is 6.11. The molecule has 0 saturated carbocycles. The van der Waals surface area contributed by atoms with Crippen LogP contribution in [0.2, 0.25) is 5.02 Å². The normalized spacial score (nSPS) is 10.5. The molecule has 3 aromatic rings. The Kier molecular flexibility index (Phi) is 4.27. The van der Waals surface area contributed by atoms with E-state index in [-0.39, 0.29) is 17.3 Å². The number of anilines is 3. The molecule has 0 spiro atoms. The average Bonchev–Trinajstić information content (AvgIpc) is 2.91. The number of thiazole rings is 1. The lowest BCUT2D eigenvalue weighted by atomic mass is 10.1. The van der Waals surface area contributed by atoms with Gasteiger partial charge in [0, 0.05) is 10.6 Å². The van der Waals surface area contributed by atoms with Crippen LogP contribution < -0.4 is 11.1 Å². The summed E-state index contributed by atoms with van der Waals surface area (Å²) in [5.41, 5.74) is 6.55. The number of nitrogens with zero attached hydrogens (tertiary/aromatic N) is 1. The van der Waals surface area contributed by atoms with Gasteiger partial charge in [-0.2, -0.15) is 0 Å². The lowest BCUT2D eigenvalue weighted by molar-refractivity contribution is 0.104. The molecule has 0 unspecified atom stereocenters. The summed E-state index contributed by atoms with van der Waals surface area (Å²) in [5, 5.41) is 3.44. The van der Waals surface area contributed by atoms with Crippen molar-refractivity contribution in [2.45, 2.75) is 0 Å². The van der Waals surface area contributed by atoms with Crippen molar-refractivity contribution < 1.29 is 9.18 Å². The minimum atomic E-state index is -0.512. The van der Waals surface area contributed by atoms with Crippen molar-refractivity contribution >= 4 is 45.4 Å². The molecule has 4 nitrogen and oxygen atoms in total. The van der Waals surface area contributed by atoms with E-state index in [9.17, 15) is 9.18 Å². The van der Waals surface area contributed by atoms with Gasteiger partial charge in [0.15, 0.2) is 5.13 Å². The third kappa shape index (κ3) is 3.33. The predicted molar refractivity (Wildman–Crippen MR) is 91.1 cm³/mol. The summed E-state index contributed by atoms with van der Waals surface area (Å²) in [7, 11) is 0. The lowest BCUT2D eigenvalue weighted by Gasteiger charge is -2.03. The summed E-state index contributed by atoms with van der Waals surface area (Å²) in [6.45, 7) is 0. The van der Waals surface area contributed by atoms with E-state index in [1.807, 2.05) is 6.07 Å². The van der Waals surface area contributed by atoms with E-state index in [1.54, 1.807) is 30.3 Å². The molecule has 0 atom stereocenters. The molecule has 0 aliphatic rings. The number of carbonyl (C=O) groups excluding carboxylic acids is 1. The van der Waals surface area contributed by atoms with Gasteiger partial charge in [-0.25, -0.2) is 9.37 Å². The highest BCUT2D eigenvalue weighted by Crippen LogP contribution is 2.31. The molecule has 0 bridgehead atoms. The summed E-state index contributed by atoms with van der Waals surface area (Å²) in [6.07, 6.45) is 0. The van der Waals surface area contributed by atoms with Gasteiger partial charge in [0.1, 0.15) is 16.5 Å².